The molecule has 0 saturated carbocycles. The lowest BCUT2D eigenvalue weighted by Crippen LogP contribution is -1.96. The van der Waals surface area contributed by atoms with Gasteiger partial charge in [-0.2, -0.15) is 0 Å². The molecule has 13 heavy (non-hydrogen) atoms. The molecule has 0 atom stereocenters. The SMILES string of the molecule is COC(=O)c1ccc(/C=C\CCl)s1. The van der Waals surface area contributed by atoms with Crippen LogP contribution in [0.5, 0.6) is 0 Å². The second-order valence-corrected chi connectivity index (χ2v) is 3.67. The van der Waals surface area contributed by atoms with Gasteiger partial charge < -0.3 is 4.74 Å². The lowest BCUT2D eigenvalue weighted by molar-refractivity contribution is 0.0606. The van der Waals surface area contributed by atoms with Gasteiger partial charge in [-0.25, -0.2) is 4.79 Å². The van der Waals surface area contributed by atoms with Gasteiger partial charge in [0.25, 0.3) is 0 Å². The van der Waals surface area contributed by atoms with Crippen LogP contribution in [0.25, 0.3) is 6.08 Å². The fourth-order valence-electron chi connectivity index (χ4n) is 0.813. The van der Waals surface area contributed by atoms with Crippen molar-refractivity contribution in [2.24, 2.45) is 0 Å². The summed E-state index contributed by atoms with van der Waals surface area (Å²) in [6.07, 6.45) is 3.71. The molecule has 0 spiro atoms. The van der Waals surface area contributed by atoms with Gasteiger partial charge >= 0.3 is 5.97 Å². The number of allylic oxidation sites excluding steroid dienone is 1. The minimum Gasteiger partial charge on any atom is -0.465 e. The van der Waals surface area contributed by atoms with E-state index >= 15 is 0 Å². The van der Waals surface area contributed by atoms with Gasteiger partial charge in [0, 0.05) is 10.8 Å². The van der Waals surface area contributed by atoms with Crippen molar-refractivity contribution in [3.05, 3.63) is 28.0 Å². The highest BCUT2D eigenvalue weighted by Gasteiger charge is 2.06. The molecular formula is C9H9ClO2S. The summed E-state index contributed by atoms with van der Waals surface area (Å²) >= 11 is 6.86. The second-order valence-electron chi connectivity index (χ2n) is 2.25. The van der Waals surface area contributed by atoms with Crippen molar-refractivity contribution in [2.75, 3.05) is 13.0 Å². The number of thiophene rings is 1. The van der Waals surface area contributed by atoms with E-state index < -0.39 is 0 Å². The van der Waals surface area contributed by atoms with Crippen LogP contribution in [0.4, 0.5) is 0 Å². The topological polar surface area (TPSA) is 26.3 Å². The van der Waals surface area contributed by atoms with E-state index in [2.05, 4.69) is 4.74 Å². The molecule has 1 heterocycles. The molecule has 0 fully saturated rings. The van der Waals surface area contributed by atoms with Gasteiger partial charge in [0.15, 0.2) is 0 Å². The zero-order valence-corrected chi connectivity index (χ0v) is 8.69. The molecule has 0 saturated heterocycles. The van der Waals surface area contributed by atoms with E-state index in [1.807, 2.05) is 18.2 Å². The molecule has 0 aliphatic heterocycles. The largest absolute Gasteiger partial charge is 0.465 e. The fraction of sp³-hybridized carbons (Fsp3) is 0.222. The maximum absolute atomic E-state index is 11.0. The maximum atomic E-state index is 11.0. The lowest BCUT2D eigenvalue weighted by Gasteiger charge is -1.91. The number of rotatable bonds is 3. The molecule has 1 aromatic heterocycles. The first-order valence-electron chi connectivity index (χ1n) is 3.68. The number of methoxy groups -OCH3 is 1. The van der Waals surface area contributed by atoms with E-state index in [1.54, 1.807) is 6.07 Å². The average Bonchev–Trinajstić information content (AvgIpc) is 2.62. The third kappa shape index (κ3) is 2.86. The van der Waals surface area contributed by atoms with Gasteiger partial charge in [0.2, 0.25) is 0 Å². The van der Waals surface area contributed by atoms with E-state index in [-0.39, 0.29) is 5.97 Å². The van der Waals surface area contributed by atoms with Crippen LogP contribution in [0.1, 0.15) is 14.5 Å². The number of hydrogen-bond donors (Lipinski definition) is 0. The van der Waals surface area contributed by atoms with Crippen LogP contribution >= 0.6 is 22.9 Å². The predicted molar refractivity (Wildman–Crippen MR) is 55.4 cm³/mol. The van der Waals surface area contributed by atoms with Crippen molar-refractivity contribution in [1.82, 2.24) is 0 Å². The molecule has 0 unspecified atom stereocenters. The van der Waals surface area contributed by atoms with Gasteiger partial charge in [-0.15, -0.1) is 22.9 Å². The molecule has 0 aromatic carbocycles. The van der Waals surface area contributed by atoms with E-state index in [0.29, 0.717) is 10.8 Å². The van der Waals surface area contributed by atoms with Crippen molar-refractivity contribution in [3.8, 4) is 0 Å². The van der Waals surface area contributed by atoms with Gasteiger partial charge in [0.1, 0.15) is 4.88 Å². The Labute approximate surface area is 85.8 Å². The minimum absolute atomic E-state index is 0.296. The number of esters is 1. The first kappa shape index (κ1) is 10.3. The summed E-state index contributed by atoms with van der Waals surface area (Å²) in [5, 5.41) is 0. The van der Waals surface area contributed by atoms with Crippen LogP contribution in [-0.4, -0.2) is 19.0 Å². The van der Waals surface area contributed by atoms with Crippen LogP contribution in [0.2, 0.25) is 0 Å². The zero-order valence-electron chi connectivity index (χ0n) is 7.12. The van der Waals surface area contributed by atoms with Crippen LogP contribution in [-0.2, 0) is 4.74 Å². The van der Waals surface area contributed by atoms with Crippen LogP contribution < -0.4 is 0 Å². The monoisotopic (exact) mass is 216 g/mol. The zero-order chi connectivity index (χ0) is 9.68. The molecule has 0 N–H and O–H groups in total. The van der Waals surface area contributed by atoms with E-state index in [0.717, 1.165) is 4.88 Å². The van der Waals surface area contributed by atoms with E-state index in [9.17, 15) is 4.79 Å². The average molecular weight is 217 g/mol. The molecule has 70 valence electrons. The molecule has 1 rings (SSSR count). The van der Waals surface area contributed by atoms with Gasteiger partial charge in [0.05, 0.1) is 7.11 Å². The third-order valence-corrected chi connectivity index (χ3v) is 2.59. The lowest BCUT2D eigenvalue weighted by atomic mass is 10.4. The Kier molecular flexibility index (Phi) is 3.99. The third-order valence-electron chi connectivity index (χ3n) is 1.38. The fourth-order valence-corrected chi connectivity index (χ4v) is 1.76. The Balaban J connectivity index is 2.74. The predicted octanol–water partition coefficient (Wildman–Crippen LogP) is 2.79. The number of ether oxygens (including phenoxy) is 1. The van der Waals surface area contributed by atoms with E-state index in [1.165, 1.54) is 18.4 Å². The molecule has 0 bridgehead atoms. The molecule has 0 radical (unpaired) electrons. The molecule has 0 aliphatic rings. The molecule has 2 nitrogen and oxygen atoms in total. The quantitative estimate of drug-likeness (QED) is 0.574. The van der Waals surface area contributed by atoms with Crippen LogP contribution in [0.15, 0.2) is 18.2 Å². The van der Waals surface area contributed by atoms with Crippen LogP contribution in [0.3, 0.4) is 0 Å². The minimum atomic E-state index is -0.296. The normalized spacial score (nSPS) is 10.6. The molecule has 0 aliphatic carbocycles. The van der Waals surface area contributed by atoms with Crippen molar-refractivity contribution in [1.29, 1.82) is 0 Å². The number of hydrogen-bond acceptors (Lipinski definition) is 3. The van der Waals surface area contributed by atoms with Crippen LogP contribution in [0, 0.1) is 0 Å². The number of halogens is 1. The maximum Gasteiger partial charge on any atom is 0.348 e. The Hall–Kier alpha value is -0.800. The Morgan fingerprint density at radius 1 is 1.69 bits per heavy atom. The van der Waals surface area contributed by atoms with Crippen molar-refractivity contribution in [2.45, 2.75) is 0 Å². The second kappa shape index (κ2) is 5.04. The van der Waals surface area contributed by atoms with Crippen molar-refractivity contribution in [3.63, 3.8) is 0 Å². The Morgan fingerprint density at radius 3 is 3.08 bits per heavy atom. The highest BCUT2D eigenvalue weighted by atomic mass is 35.5. The van der Waals surface area contributed by atoms with Gasteiger partial charge in [-0.05, 0) is 18.2 Å². The Bertz CT molecular complexity index is 317. The number of carbonyl (C=O) groups excluding carboxylic acids is 1. The smallest absolute Gasteiger partial charge is 0.348 e. The first-order valence-corrected chi connectivity index (χ1v) is 5.03. The summed E-state index contributed by atoms with van der Waals surface area (Å²) in [7, 11) is 1.37. The summed E-state index contributed by atoms with van der Waals surface area (Å²) in [5.74, 6) is 0.182. The summed E-state index contributed by atoms with van der Waals surface area (Å²) in [5.41, 5.74) is 0. The first-order chi connectivity index (χ1) is 6.27. The van der Waals surface area contributed by atoms with Crippen molar-refractivity contribution < 1.29 is 9.53 Å². The summed E-state index contributed by atoms with van der Waals surface area (Å²) < 4.78 is 4.58. The molecule has 0 amide bonds. The van der Waals surface area contributed by atoms with Crippen molar-refractivity contribution >= 4 is 35.0 Å². The summed E-state index contributed by atoms with van der Waals surface area (Å²) in [6, 6.07) is 3.60. The van der Waals surface area contributed by atoms with E-state index in [4.69, 9.17) is 11.6 Å². The summed E-state index contributed by atoms with van der Waals surface area (Å²) in [4.78, 5) is 12.6. The number of carbonyl (C=O) groups is 1. The molecular weight excluding hydrogens is 208 g/mol. The number of alkyl halides is 1. The Morgan fingerprint density at radius 2 is 2.46 bits per heavy atom. The van der Waals surface area contributed by atoms with Gasteiger partial charge in [-0.1, -0.05) is 6.08 Å². The molecule has 4 heteroatoms. The van der Waals surface area contributed by atoms with Gasteiger partial charge in [-0.3, -0.25) is 0 Å². The standard InChI is InChI=1S/C9H9ClO2S/c1-12-9(11)8-5-4-7(13-8)3-2-6-10/h2-5H,6H2,1H3/b3-2-. The summed E-state index contributed by atoms with van der Waals surface area (Å²) in [6.45, 7) is 0. The highest BCUT2D eigenvalue weighted by molar-refractivity contribution is 7.14. The molecule has 1 aromatic rings. The highest BCUT2D eigenvalue weighted by Crippen LogP contribution is 2.18.